The molecule has 2 heteroatoms. The number of benzene rings is 1. The maximum Gasteiger partial charge on any atom is 0.141 e. The van der Waals surface area contributed by atoms with Crippen LogP contribution in [0.25, 0.3) is 0 Å². The molecule has 0 N–H and O–H groups in total. The van der Waals surface area contributed by atoms with Crippen molar-refractivity contribution in [2.75, 3.05) is 0 Å². The Bertz CT molecular complexity index is 706. The molecule has 0 heterocycles. The number of allylic oxidation sites excluding steroid dienone is 2. The van der Waals surface area contributed by atoms with E-state index in [-0.39, 0.29) is 11.4 Å². The van der Waals surface area contributed by atoms with Crippen molar-refractivity contribution in [3.63, 3.8) is 0 Å². The zero-order valence-electron chi connectivity index (χ0n) is 18.3. The Morgan fingerprint density at radius 1 is 1.00 bits per heavy atom. The minimum atomic E-state index is -0.386. The fourth-order valence-corrected chi connectivity index (χ4v) is 5.48. The number of nitriles is 1. The summed E-state index contributed by atoms with van der Waals surface area (Å²) in [5.41, 5.74) is 2.70. The van der Waals surface area contributed by atoms with Crippen LogP contribution in [0.3, 0.4) is 0 Å². The third kappa shape index (κ3) is 6.70. The minimum absolute atomic E-state index is 0.143. The van der Waals surface area contributed by atoms with E-state index >= 15 is 0 Å². The van der Waals surface area contributed by atoms with Gasteiger partial charge in [-0.15, -0.1) is 0 Å². The molecule has 0 spiro atoms. The second-order valence-corrected chi connectivity index (χ2v) is 9.45. The summed E-state index contributed by atoms with van der Waals surface area (Å²) in [6.07, 6.45) is 21.2. The zero-order valence-corrected chi connectivity index (χ0v) is 18.3. The molecule has 29 heavy (non-hydrogen) atoms. The molecule has 158 valence electrons. The fraction of sp³-hybridized carbons (Fsp3) is 0.667. The van der Waals surface area contributed by atoms with Gasteiger partial charge in [-0.25, -0.2) is 4.39 Å². The Morgan fingerprint density at radius 2 is 1.83 bits per heavy atom. The summed E-state index contributed by atoms with van der Waals surface area (Å²) >= 11 is 0. The van der Waals surface area contributed by atoms with Crippen LogP contribution in [0.4, 0.5) is 4.39 Å². The smallest absolute Gasteiger partial charge is 0.141 e. The van der Waals surface area contributed by atoms with Gasteiger partial charge in [0.05, 0.1) is 5.56 Å². The van der Waals surface area contributed by atoms with Crippen molar-refractivity contribution in [1.82, 2.24) is 0 Å². The van der Waals surface area contributed by atoms with E-state index in [1.54, 1.807) is 11.6 Å². The number of hydrogen-bond donors (Lipinski definition) is 0. The number of hydrogen-bond acceptors (Lipinski definition) is 1. The molecule has 1 fully saturated rings. The van der Waals surface area contributed by atoms with Crippen LogP contribution in [0.1, 0.15) is 102 Å². The predicted molar refractivity (Wildman–Crippen MR) is 119 cm³/mol. The molecular formula is C27H38FN. The maximum absolute atomic E-state index is 13.8. The van der Waals surface area contributed by atoms with Crippen molar-refractivity contribution in [2.45, 2.75) is 96.8 Å². The van der Waals surface area contributed by atoms with Crippen LogP contribution in [0.15, 0.2) is 29.8 Å². The summed E-state index contributed by atoms with van der Waals surface area (Å²) < 4.78 is 13.8. The quantitative estimate of drug-likeness (QED) is 0.306. The van der Waals surface area contributed by atoms with E-state index in [9.17, 15) is 4.39 Å². The zero-order chi connectivity index (χ0) is 20.5. The molecule has 1 nitrogen and oxygen atoms in total. The molecule has 1 aromatic rings. The molecule has 2 aliphatic rings. The highest BCUT2D eigenvalue weighted by molar-refractivity contribution is 5.33. The van der Waals surface area contributed by atoms with Crippen LogP contribution >= 0.6 is 0 Å². The molecule has 0 radical (unpaired) electrons. The summed E-state index contributed by atoms with van der Waals surface area (Å²) in [6.45, 7) is 2.29. The molecule has 1 saturated carbocycles. The van der Waals surface area contributed by atoms with Gasteiger partial charge in [0.2, 0.25) is 0 Å². The van der Waals surface area contributed by atoms with Crippen molar-refractivity contribution >= 4 is 0 Å². The lowest BCUT2D eigenvalue weighted by molar-refractivity contribution is 0.185. The molecular weight excluding hydrogens is 357 g/mol. The molecule has 0 saturated heterocycles. The van der Waals surface area contributed by atoms with E-state index in [1.807, 2.05) is 12.1 Å². The van der Waals surface area contributed by atoms with Gasteiger partial charge in [-0.2, -0.15) is 5.26 Å². The highest BCUT2D eigenvalue weighted by Crippen LogP contribution is 2.41. The van der Waals surface area contributed by atoms with Gasteiger partial charge in [0, 0.05) is 0 Å². The third-order valence-electron chi connectivity index (χ3n) is 7.46. The van der Waals surface area contributed by atoms with Crippen molar-refractivity contribution in [3.8, 4) is 6.07 Å². The lowest BCUT2D eigenvalue weighted by Gasteiger charge is -2.35. The van der Waals surface area contributed by atoms with Gasteiger partial charge < -0.3 is 0 Å². The Morgan fingerprint density at radius 3 is 2.48 bits per heavy atom. The summed E-state index contributed by atoms with van der Waals surface area (Å²) in [4.78, 5) is 0. The largest absolute Gasteiger partial charge is 0.206 e. The van der Waals surface area contributed by atoms with Gasteiger partial charge in [0.25, 0.3) is 0 Å². The molecule has 0 bridgehead atoms. The number of aryl methyl sites for hydroxylation is 1. The van der Waals surface area contributed by atoms with Crippen LogP contribution in [-0.4, -0.2) is 0 Å². The molecule has 1 aromatic carbocycles. The van der Waals surface area contributed by atoms with Crippen molar-refractivity contribution in [3.05, 3.63) is 46.8 Å². The summed E-state index contributed by atoms with van der Waals surface area (Å²) in [5.74, 6) is 2.47. The van der Waals surface area contributed by atoms with Crippen LogP contribution in [0.2, 0.25) is 0 Å². The average Bonchev–Trinajstić information content (AvgIpc) is 2.76. The van der Waals surface area contributed by atoms with Gasteiger partial charge in [0.15, 0.2) is 0 Å². The molecule has 3 rings (SSSR count). The standard InChI is InChI=1S/C27H38FN/c1-2-3-4-5-6-21-9-14-24(15-10-21)25-16-11-22(12-17-25)7-8-23-13-18-26(20-29)27(28)19-23/h11,13,18-19,21,24-25H,2-10,12,14-17H2,1H3. The fourth-order valence-electron chi connectivity index (χ4n) is 5.48. The lowest BCUT2D eigenvalue weighted by atomic mass is 9.70. The molecule has 0 aromatic heterocycles. The minimum Gasteiger partial charge on any atom is -0.206 e. The summed E-state index contributed by atoms with van der Waals surface area (Å²) in [7, 11) is 0. The Hall–Kier alpha value is -1.62. The maximum atomic E-state index is 13.8. The Labute approximate surface area is 177 Å². The van der Waals surface area contributed by atoms with Crippen LogP contribution in [0, 0.1) is 34.9 Å². The van der Waals surface area contributed by atoms with E-state index in [2.05, 4.69) is 13.0 Å². The second-order valence-electron chi connectivity index (χ2n) is 9.45. The monoisotopic (exact) mass is 395 g/mol. The van der Waals surface area contributed by atoms with Crippen molar-refractivity contribution in [2.24, 2.45) is 17.8 Å². The first-order valence-electron chi connectivity index (χ1n) is 12.1. The second kappa shape index (κ2) is 11.5. The SMILES string of the molecule is CCCCCCC1CCC(C2CC=C(CCc3ccc(C#N)c(F)c3)CC2)CC1. The highest BCUT2D eigenvalue weighted by atomic mass is 19.1. The van der Waals surface area contributed by atoms with Gasteiger partial charge >= 0.3 is 0 Å². The number of rotatable bonds is 9. The molecule has 2 aliphatic carbocycles. The first-order valence-corrected chi connectivity index (χ1v) is 12.1. The summed E-state index contributed by atoms with van der Waals surface area (Å²) in [5, 5.41) is 8.85. The highest BCUT2D eigenvalue weighted by Gasteiger charge is 2.28. The van der Waals surface area contributed by atoms with E-state index in [0.29, 0.717) is 0 Å². The van der Waals surface area contributed by atoms with Crippen molar-refractivity contribution < 1.29 is 4.39 Å². The topological polar surface area (TPSA) is 23.8 Å². The first-order chi connectivity index (χ1) is 14.2. The molecule has 0 aliphatic heterocycles. The first kappa shape index (κ1) is 22.1. The Kier molecular flexibility index (Phi) is 8.78. The molecule has 1 atom stereocenters. The van der Waals surface area contributed by atoms with E-state index in [0.717, 1.165) is 36.2 Å². The molecule has 1 unspecified atom stereocenters. The van der Waals surface area contributed by atoms with Gasteiger partial charge in [0.1, 0.15) is 11.9 Å². The lowest BCUT2D eigenvalue weighted by Crippen LogP contribution is -2.23. The number of unbranched alkanes of at least 4 members (excludes halogenated alkanes) is 3. The van der Waals surface area contributed by atoms with Crippen molar-refractivity contribution in [1.29, 1.82) is 5.26 Å². The summed E-state index contributed by atoms with van der Waals surface area (Å²) in [6, 6.07) is 6.93. The van der Waals surface area contributed by atoms with Gasteiger partial charge in [-0.1, -0.05) is 69.6 Å². The van der Waals surface area contributed by atoms with Crippen LogP contribution in [-0.2, 0) is 6.42 Å². The van der Waals surface area contributed by atoms with Crippen LogP contribution < -0.4 is 0 Å². The molecule has 0 amide bonds. The van der Waals surface area contributed by atoms with E-state index < -0.39 is 0 Å². The number of nitrogens with zero attached hydrogens (tertiary/aromatic N) is 1. The third-order valence-corrected chi connectivity index (χ3v) is 7.46. The van der Waals surface area contributed by atoms with E-state index in [4.69, 9.17) is 5.26 Å². The Balaban J connectivity index is 1.37. The van der Waals surface area contributed by atoms with Gasteiger partial charge in [-0.05, 0) is 80.4 Å². The van der Waals surface area contributed by atoms with E-state index in [1.165, 1.54) is 83.1 Å². The average molecular weight is 396 g/mol. The van der Waals surface area contributed by atoms with Gasteiger partial charge in [-0.3, -0.25) is 0 Å². The number of halogens is 1. The normalized spacial score (nSPS) is 24.7. The predicted octanol–water partition coefficient (Wildman–Crippen LogP) is 8.13. The van der Waals surface area contributed by atoms with Crippen LogP contribution in [0.5, 0.6) is 0 Å².